The van der Waals surface area contributed by atoms with Crippen molar-refractivity contribution in [2.24, 2.45) is 0 Å². The summed E-state index contributed by atoms with van der Waals surface area (Å²) in [5.74, 6) is -0.192. The van der Waals surface area contributed by atoms with Gasteiger partial charge in [0.1, 0.15) is 11.9 Å². The van der Waals surface area contributed by atoms with Crippen molar-refractivity contribution in [3.63, 3.8) is 0 Å². The zero-order valence-electron chi connectivity index (χ0n) is 11.5. The van der Waals surface area contributed by atoms with E-state index in [1.54, 1.807) is 18.2 Å². The van der Waals surface area contributed by atoms with Crippen molar-refractivity contribution in [1.29, 1.82) is 0 Å². The summed E-state index contributed by atoms with van der Waals surface area (Å²) in [5, 5.41) is 2.52. The van der Waals surface area contributed by atoms with Crippen molar-refractivity contribution in [3.8, 4) is 0 Å². The van der Waals surface area contributed by atoms with E-state index >= 15 is 0 Å². The number of pyridine rings is 1. The van der Waals surface area contributed by atoms with Crippen molar-refractivity contribution in [2.75, 3.05) is 18.5 Å². The lowest BCUT2D eigenvalue weighted by molar-refractivity contribution is -0.162. The lowest BCUT2D eigenvalue weighted by Crippen LogP contribution is -2.44. The SMILES string of the molecule is O=C(Nc1ccccn1)[C@@H]1CCCN1C(=O)OCC(F)(F)F. The highest BCUT2D eigenvalue weighted by Gasteiger charge is 2.37. The van der Waals surface area contributed by atoms with Gasteiger partial charge >= 0.3 is 12.3 Å². The van der Waals surface area contributed by atoms with Gasteiger partial charge in [0.2, 0.25) is 5.91 Å². The molecule has 0 saturated carbocycles. The summed E-state index contributed by atoms with van der Waals surface area (Å²) in [7, 11) is 0. The van der Waals surface area contributed by atoms with E-state index in [1.165, 1.54) is 6.20 Å². The molecule has 1 aromatic heterocycles. The number of halogens is 3. The second-order valence-electron chi connectivity index (χ2n) is 4.73. The molecule has 0 radical (unpaired) electrons. The number of nitrogens with zero attached hydrogens (tertiary/aromatic N) is 2. The quantitative estimate of drug-likeness (QED) is 0.927. The molecule has 0 bridgehead atoms. The van der Waals surface area contributed by atoms with Crippen LogP contribution in [0.5, 0.6) is 0 Å². The zero-order chi connectivity index (χ0) is 16.2. The summed E-state index contributed by atoms with van der Waals surface area (Å²) >= 11 is 0. The van der Waals surface area contributed by atoms with Crippen molar-refractivity contribution < 1.29 is 27.5 Å². The Bertz CT molecular complexity index is 536. The second-order valence-corrected chi connectivity index (χ2v) is 4.73. The minimum Gasteiger partial charge on any atom is -0.440 e. The van der Waals surface area contributed by atoms with Crippen LogP contribution in [0.2, 0.25) is 0 Å². The first kappa shape index (κ1) is 16.1. The van der Waals surface area contributed by atoms with E-state index in [9.17, 15) is 22.8 Å². The van der Waals surface area contributed by atoms with Gasteiger partial charge in [0, 0.05) is 12.7 Å². The van der Waals surface area contributed by atoms with Crippen LogP contribution in [0.25, 0.3) is 0 Å². The number of anilines is 1. The molecule has 0 aliphatic carbocycles. The van der Waals surface area contributed by atoms with Gasteiger partial charge in [-0.05, 0) is 25.0 Å². The van der Waals surface area contributed by atoms with Gasteiger partial charge in [0.25, 0.3) is 0 Å². The number of rotatable bonds is 3. The zero-order valence-corrected chi connectivity index (χ0v) is 11.5. The maximum absolute atomic E-state index is 12.1. The maximum atomic E-state index is 12.1. The predicted octanol–water partition coefficient (Wildman–Crippen LogP) is 2.18. The van der Waals surface area contributed by atoms with E-state index in [0.717, 1.165) is 4.90 Å². The van der Waals surface area contributed by atoms with Crippen LogP contribution >= 0.6 is 0 Å². The van der Waals surface area contributed by atoms with Crippen LogP contribution in [0.4, 0.5) is 23.8 Å². The first-order valence-electron chi connectivity index (χ1n) is 6.59. The summed E-state index contributed by atoms with van der Waals surface area (Å²) in [6, 6.07) is 4.06. The van der Waals surface area contributed by atoms with Gasteiger partial charge in [-0.3, -0.25) is 9.69 Å². The summed E-state index contributed by atoms with van der Waals surface area (Å²) in [5.41, 5.74) is 0. The third kappa shape index (κ3) is 4.34. The third-order valence-electron chi connectivity index (χ3n) is 3.07. The van der Waals surface area contributed by atoms with Gasteiger partial charge in [-0.15, -0.1) is 0 Å². The molecule has 9 heteroatoms. The molecule has 1 atom stereocenters. The topological polar surface area (TPSA) is 71.5 Å². The van der Waals surface area contributed by atoms with Gasteiger partial charge in [0.05, 0.1) is 0 Å². The lowest BCUT2D eigenvalue weighted by Gasteiger charge is -2.23. The summed E-state index contributed by atoms with van der Waals surface area (Å²) in [6.07, 6.45) is -3.38. The molecule has 2 heterocycles. The summed E-state index contributed by atoms with van der Waals surface area (Å²) < 4.78 is 40.4. The largest absolute Gasteiger partial charge is 0.440 e. The molecule has 6 nitrogen and oxygen atoms in total. The fourth-order valence-corrected chi connectivity index (χ4v) is 2.13. The molecular formula is C13H14F3N3O3. The number of aromatic nitrogens is 1. The highest BCUT2D eigenvalue weighted by Crippen LogP contribution is 2.21. The van der Waals surface area contributed by atoms with Gasteiger partial charge < -0.3 is 10.1 Å². The minimum absolute atomic E-state index is 0.178. The monoisotopic (exact) mass is 317 g/mol. The van der Waals surface area contributed by atoms with E-state index in [0.29, 0.717) is 18.7 Å². The van der Waals surface area contributed by atoms with Crippen LogP contribution in [-0.2, 0) is 9.53 Å². The minimum atomic E-state index is -4.60. The van der Waals surface area contributed by atoms with Crippen LogP contribution in [-0.4, -0.2) is 47.3 Å². The smallest absolute Gasteiger partial charge is 0.422 e. The van der Waals surface area contributed by atoms with E-state index in [4.69, 9.17) is 0 Å². The van der Waals surface area contributed by atoms with Crippen molar-refractivity contribution in [2.45, 2.75) is 25.1 Å². The molecule has 1 aliphatic heterocycles. The average Bonchev–Trinajstić information content (AvgIpc) is 2.94. The number of ether oxygens (including phenoxy) is 1. The molecule has 1 aliphatic rings. The first-order valence-corrected chi connectivity index (χ1v) is 6.59. The molecule has 120 valence electrons. The van der Waals surface area contributed by atoms with E-state index < -0.39 is 30.8 Å². The standard InChI is InChI=1S/C13H14F3N3O3/c14-13(15,16)8-22-12(21)19-7-3-4-9(19)11(20)18-10-5-1-2-6-17-10/h1-2,5-6,9H,3-4,7-8H2,(H,17,18,20)/t9-/m0/s1. The van der Waals surface area contributed by atoms with Gasteiger partial charge in [0.15, 0.2) is 6.61 Å². The highest BCUT2D eigenvalue weighted by molar-refractivity contribution is 5.96. The van der Waals surface area contributed by atoms with Crippen molar-refractivity contribution in [1.82, 2.24) is 9.88 Å². The lowest BCUT2D eigenvalue weighted by atomic mass is 10.2. The van der Waals surface area contributed by atoms with Crippen molar-refractivity contribution >= 4 is 17.8 Å². The molecule has 2 amide bonds. The summed E-state index contributed by atoms with van der Waals surface area (Å²) in [6.45, 7) is -1.49. The van der Waals surface area contributed by atoms with E-state index in [-0.39, 0.29) is 6.54 Å². The molecule has 0 aromatic carbocycles. The molecule has 1 saturated heterocycles. The Labute approximate surface area is 124 Å². The molecule has 1 N–H and O–H groups in total. The van der Waals surface area contributed by atoms with Gasteiger partial charge in [-0.2, -0.15) is 13.2 Å². The number of carbonyl (C=O) groups is 2. The Hall–Kier alpha value is -2.32. The number of alkyl halides is 3. The Morgan fingerprint density at radius 1 is 1.41 bits per heavy atom. The van der Waals surface area contributed by atoms with Crippen LogP contribution in [0.1, 0.15) is 12.8 Å². The molecular weight excluding hydrogens is 303 g/mol. The molecule has 22 heavy (non-hydrogen) atoms. The molecule has 0 unspecified atom stereocenters. The van der Waals surface area contributed by atoms with Crippen LogP contribution < -0.4 is 5.32 Å². The molecule has 1 aromatic rings. The Morgan fingerprint density at radius 3 is 2.82 bits per heavy atom. The number of carbonyl (C=O) groups excluding carboxylic acids is 2. The normalized spacial score (nSPS) is 18.1. The summed E-state index contributed by atoms with van der Waals surface area (Å²) in [4.78, 5) is 28.7. The second kappa shape index (κ2) is 6.63. The number of nitrogens with one attached hydrogen (secondary N) is 1. The number of hydrogen-bond donors (Lipinski definition) is 1. The first-order chi connectivity index (χ1) is 10.4. The Morgan fingerprint density at radius 2 is 2.18 bits per heavy atom. The molecule has 1 fully saturated rings. The van der Waals surface area contributed by atoms with Crippen LogP contribution in [0.15, 0.2) is 24.4 Å². The third-order valence-corrected chi connectivity index (χ3v) is 3.07. The van der Waals surface area contributed by atoms with Crippen molar-refractivity contribution in [3.05, 3.63) is 24.4 Å². The fourth-order valence-electron chi connectivity index (χ4n) is 2.13. The van der Waals surface area contributed by atoms with Gasteiger partial charge in [-0.1, -0.05) is 6.07 Å². The van der Waals surface area contributed by atoms with Gasteiger partial charge in [-0.25, -0.2) is 9.78 Å². The number of hydrogen-bond acceptors (Lipinski definition) is 4. The Balaban J connectivity index is 1.95. The van der Waals surface area contributed by atoms with E-state index in [1.807, 2.05) is 0 Å². The fraction of sp³-hybridized carbons (Fsp3) is 0.462. The maximum Gasteiger partial charge on any atom is 0.422 e. The molecule has 0 spiro atoms. The van der Waals surface area contributed by atoms with Crippen LogP contribution in [0.3, 0.4) is 0 Å². The number of amides is 2. The highest BCUT2D eigenvalue weighted by atomic mass is 19.4. The van der Waals surface area contributed by atoms with Crippen LogP contribution in [0, 0.1) is 0 Å². The predicted molar refractivity (Wildman–Crippen MR) is 70.0 cm³/mol. The van der Waals surface area contributed by atoms with E-state index in [2.05, 4.69) is 15.0 Å². The number of likely N-dealkylation sites (tertiary alicyclic amines) is 1. The Kier molecular flexibility index (Phi) is 4.84. The average molecular weight is 317 g/mol. The molecule has 2 rings (SSSR count).